The summed E-state index contributed by atoms with van der Waals surface area (Å²) in [7, 11) is 0. The number of anilines is 1. The van der Waals surface area contributed by atoms with Crippen molar-refractivity contribution in [2.45, 2.75) is 18.9 Å². The van der Waals surface area contributed by atoms with E-state index >= 15 is 0 Å². The third kappa shape index (κ3) is 2.07. The van der Waals surface area contributed by atoms with Gasteiger partial charge in [0.2, 0.25) is 11.7 Å². The fourth-order valence-corrected chi connectivity index (χ4v) is 3.13. The number of nitrogens with one attached hydrogen (secondary N) is 1. The molecule has 0 bridgehead atoms. The molecule has 1 amide bonds. The van der Waals surface area contributed by atoms with Crippen LogP contribution in [0.5, 0.6) is 0 Å². The van der Waals surface area contributed by atoms with Gasteiger partial charge in [0.1, 0.15) is 5.15 Å². The number of carbonyl (C=O) groups is 1. The molecule has 2 unspecified atom stereocenters. The van der Waals surface area contributed by atoms with Gasteiger partial charge in [0.25, 0.3) is 0 Å². The maximum Gasteiger partial charge on any atom is 0.311 e. The molecule has 0 aliphatic carbocycles. The summed E-state index contributed by atoms with van der Waals surface area (Å²) in [6, 6.07) is 2.68. The van der Waals surface area contributed by atoms with Crippen LogP contribution in [-0.4, -0.2) is 34.9 Å². The van der Waals surface area contributed by atoms with E-state index in [9.17, 15) is 14.9 Å². The molecule has 3 rings (SSSR count). The van der Waals surface area contributed by atoms with Crippen molar-refractivity contribution in [2.75, 3.05) is 18.0 Å². The number of amides is 1. The van der Waals surface area contributed by atoms with E-state index in [2.05, 4.69) is 10.3 Å². The molecule has 8 heteroatoms. The molecule has 2 aliphatic rings. The number of rotatable bonds is 2. The number of nitro groups is 1. The first kappa shape index (κ1) is 13.1. The quantitative estimate of drug-likeness (QED) is 0.506. The van der Waals surface area contributed by atoms with Gasteiger partial charge in [-0.15, -0.1) is 0 Å². The monoisotopic (exact) mass is 296 g/mol. The Morgan fingerprint density at radius 1 is 1.50 bits per heavy atom. The molecule has 1 aromatic heterocycles. The van der Waals surface area contributed by atoms with Crippen molar-refractivity contribution in [3.63, 3.8) is 0 Å². The highest BCUT2D eigenvalue weighted by Gasteiger charge is 2.43. The van der Waals surface area contributed by atoms with Gasteiger partial charge >= 0.3 is 5.69 Å². The summed E-state index contributed by atoms with van der Waals surface area (Å²) in [4.78, 5) is 28.4. The summed E-state index contributed by atoms with van der Waals surface area (Å²) in [5, 5.41) is 14.2. The van der Waals surface area contributed by atoms with E-state index < -0.39 is 4.92 Å². The number of nitrogens with zero attached hydrogens (tertiary/aromatic N) is 3. The molecule has 7 nitrogen and oxygen atoms in total. The average molecular weight is 297 g/mol. The number of carbonyl (C=O) groups excluding carboxylic acids is 1. The summed E-state index contributed by atoms with van der Waals surface area (Å²) in [5.41, 5.74) is -0.0746. The minimum atomic E-state index is -0.466. The zero-order valence-electron chi connectivity index (χ0n) is 10.6. The minimum absolute atomic E-state index is 0.0179. The maximum atomic E-state index is 11.8. The van der Waals surface area contributed by atoms with Gasteiger partial charge in [0.15, 0.2) is 0 Å². The lowest BCUT2D eigenvalue weighted by molar-refractivity contribution is -0.384. The standard InChI is InChI=1S/C12H13ClN4O3/c13-10-4-3-8(17(19)20)11(15-10)16-5-1-2-7-9(16)6-14-12(7)18/h3-4,7,9H,1-2,5-6H2,(H,14,18). The smallest absolute Gasteiger partial charge is 0.311 e. The number of halogens is 1. The van der Waals surface area contributed by atoms with Gasteiger partial charge in [-0.3, -0.25) is 14.9 Å². The largest absolute Gasteiger partial charge is 0.354 e. The van der Waals surface area contributed by atoms with Crippen molar-refractivity contribution >= 4 is 29.0 Å². The lowest BCUT2D eigenvalue weighted by atomic mass is 9.91. The van der Waals surface area contributed by atoms with E-state index in [-0.39, 0.29) is 34.5 Å². The number of hydrogen-bond acceptors (Lipinski definition) is 5. The first-order chi connectivity index (χ1) is 9.58. The van der Waals surface area contributed by atoms with Crippen LogP contribution in [0.25, 0.3) is 0 Å². The van der Waals surface area contributed by atoms with Gasteiger partial charge in [-0.05, 0) is 18.9 Å². The second-order valence-electron chi connectivity index (χ2n) is 4.99. The third-order valence-electron chi connectivity index (χ3n) is 3.89. The minimum Gasteiger partial charge on any atom is -0.354 e. The van der Waals surface area contributed by atoms with Gasteiger partial charge in [0.05, 0.1) is 16.9 Å². The highest BCUT2D eigenvalue weighted by atomic mass is 35.5. The normalized spacial score (nSPS) is 25.2. The van der Waals surface area contributed by atoms with Crippen LogP contribution in [0.4, 0.5) is 11.5 Å². The van der Waals surface area contributed by atoms with E-state index in [0.717, 1.165) is 12.8 Å². The van der Waals surface area contributed by atoms with Gasteiger partial charge in [0, 0.05) is 19.2 Å². The SMILES string of the molecule is O=C1NCC2C1CCCN2c1nc(Cl)ccc1[N+](=O)[O-]. The van der Waals surface area contributed by atoms with Crippen LogP contribution >= 0.6 is 11.6 Å². The van der Waals surface area contributed by atoms with Crippen molar-refractivity contribution in [1.29, 1.82) is 0 Å². The van der Waals surface area contributed by atoms with Crippen LogP contribution in [0, 0.1) is 16.0 Å². The van der Waals surface area contributed by atoms with E-state index in [1.165, 1.54) is 12.1 Å². The molecule has 2 atom stereocenters. The second kappa shape index (κ2) is 4.90. The zero-order chi connectivity index (χ0) is 14.3. The lowest BCUT2D eigenvalue weighted by Gasteiger charge is -2.36. The van der Waals surface area contributed by atoms with Crippen LogP contribution < -0.4 is 10.2 Å². The number of hydrogen-bond donors (Lipinski definition) is 1. The van der Waals surface area contributed by atoms with E-state index in [0.29, 0.717) is 13.1 Å². The third-order valence-corrected chi connectivity index (χ3v) is 4.10. The number of aromatic nitrogens is 1. The van der Waals surface area contributed by atoms with Crippen LogP contribution in [0.2, 0.25) is 5.15 Å². The van der Waals surface area contributed by atoms with E-state index in [1.807, 2.05) is 4.90 Å². The van der Waals surface area contributed by atoms with Gasteiger partial charge < -0.3 is 10.2 Å². The van der Waals surface area contributed by atoms with Gasteiger partial charge in [-0.1, -0.05) is 11.6 Å². The Morgan fingerprint density at radius 3 is 3.05 bits per heavy atom. The first-order valence-electron chi connectivity index (χ1n) is 6.43. The highest BCUT2D eigenvalue weighted by molar-refractivity contribution is 6.29. The molecule has 3 heterocycles. The van der Waals surface area contributed by atoms with Crippen molar-refractivity contribution in [1.82, 2.24) is 10.3 Å². The molecule has 0 spiro atoms. The molecular weight excluding hydrogens is 284 g/mol. The molecule has 0 saturated carbocycles. The van der Waals surface area contributed by atoms with E-state index in [4.69, 9.17) is 11.6 Å². The summed E-state index contributed by atoms with van der Waals surface area (Å²) in [5.74, 6) is 0.155. The summed E-state index contributed by atoms with van der Waals surface area (Å²) >= 11 is 5.87. The molecule has 2 saturated heterocycles. The van der Waals surface area contributed by atoms with Crippen molar-refractivity contribution in [3.8, 4) is 0 Å². The Hall–Kier alpha value is -1.89. The van der Waals surface area contributed by atoms with Gasteiger partial charge in [-0.2, -0.15) is 0 Å². The predicted molar refractivity (Wildman–Crippen MR) is 72.8 cm³/mol. The molecule has 2 aliphatic heterocycles. The molecular formula is C12H13ClN4O3. The molecule has 1 aromatic rings. The Kier molecular flexibility index (Phi) is 3.21. The number of pyridine rings is 1. The maximum absolute atomic E-state index is 11.8. The van der Waals surface area contributed by atoms with Gasteiger partial charge in [-0.25, -0.2) is 4.98 Å². The summed E-state index contributed by atoms with van der Waals surface area (Å²) in [6.07, 6.45) is 1.61. The number of piperidine rings is 1. The molecule has 106 valence electrons. The van der Waals surface area contributed by atoms with Crippen LogP contribution in [0.15, 0.2) is 12.1 Å². The van der Waals surface area contributed by atoms with Crippen LogP contribution in [0.3, 0.4) is 0 Å². The fourth-order valence-electron chi connectivity index (χ4n) is 2.99. The Balaban J connectivity index is 2.01. The molecule has 2 fully saturated rings. The topological polar surface area (TPSA) is 88.4 Å². The molecule has 1 N–H and O–H groups in total. The second-order valence-corrected chi connectivity index (χ2v) is 5.38. The highest BCUT2D eigenvalue weighted by Crippen LogP contribution is 2.35. The summed E-state index contributed by atoms with van der Waals surface area (Å²) < 4.78 is 0. The Morgan fingerprint density at radius 2 is 2.30 bits per heavy atom. The molecule has 0 radical (unpaired) electrons. The van der Waals surface area contributed by atoms with Crippen molar-refractivity contribution < 1.29 is 9.72 Å². The van der Waals surface area contributed by atoms with E-state index in [1.54, 1.807) is 0 Å². The molecule has 20 heavy (non-hydrogen) atoms. The summed E-state index contributed by atoms with van der Waals surface area (Å²) in [6.45, 7) is 1.14. The first-order valence-corrected chi connectivity index (χ1v) is 6.81. The Labute approximate surface area is 120 Å². The van der Waals surface area contributed by atoms with Crippen molar-refractivity contribution in [2.24, 2.45) is 5.92 Å². The predicted octanol–water partition coefficient (Wildman–Crippen LogP) is 1.36. The van der Waals surface area contributed by atoms with Crippen LogP contribution in [-0.2, 0) is 4.79 Å². The lowest BCUT2D eigenvalue weighted by Crippen LogP contribution is -2.46. The Bertz CT molecular complexity index is 580. The fraction of sp³-hybridized carbons (Fsp3) is 0.500. The van der Waals surface area contributed by atoms with Crippen LogP contribution in [0.1, 0.15) is 12.8 Å². The number of fused-ring (bicyclic) bond motifs is 1. The van der Waals surface area contributed by atoms with Crippen molar-refractivity contribution in [3.05, 3.63) is 27.4 Å². The average Bonchev–Trinajstić information content (AvgIpc) is 2.80. The molecule has 0 aromatic carbocycles. The zero-order valence-corrected chi connectivity index (χ0v) is 11.3.